The number of halogens is 1. The van der Waals surface area contributed by atoms with E-state index in [4.69, 9.17) is 0 Å². The number of hydrogen-bond donors (Lipinski definition) is 2. The van der Waals surface area contributed by atoms with E-state index in [-0.39, 0.29) is 5.56 Å². The van der Waals surface area contributed by atoms with Crippen LogP contribution in [0.2, 0.25) is 0 Å². The molecule has 2 aromatic rings. The minimum Gasteiger partial charge on any atom is -0.390 e. The van der Waals surface area contributed by atoms with Crippen molar-refractivity contribution in [1.82, 2.24) is 4.57 Å². The normalized spacial score (nSPS) is 15.3. The van der Waals surface area contributed by atoms with Gasteiger partial charge in [0.05, 0.1) is 6.10 Å². The first-order chi connectivity index (χ1) is 7.52. The fraction of sp³-hybridized carbons (Fsp3) is 0.333. The Kier molecular flexibility index (Phi) is 2.69. The summed E-state index contributed by atoms with van der Waals surface area (Å²) in [5, 5.41) is 19.8. The maximum atomic E-state index is 13.7. The Morgan fingerprint density at radius 1 is 1.25 bits per heavy atom. The van der Waals surface area contributed by atoms with Gasteiger partial charge in [0, 0.05) is 29.7 Å². The molecule has 86 valence electrons. The molecule has 0 spiro atoms. The van der Waals surface area contributed by atoms with E-state index in [2.05, 4.69) is 0 Å². The van der Waals surface area contributed by atoms with Gasteiger partial charge < -0.3 is 14.8 Å². The first kappa shape index (κ1) is 11.1. The number of aromatic nitrogens is 1. The third-order valence-corrected chi connectivity index (χ3v) is 2.81. The molecule has 2 rings (SSSR count). The number of aliphatic hydroxyl groups is 2. The molecule has 2 unspecified atom stereocenters. The molecule has 0 bridgehead atoms. The molecule has 1 aromatic carbocycles. The standard InChI is InChI=1S/C12H14FNO2/c1-7(15)12(16)11-8-5-6-14(2)10(8)4-3-9(11)13/h3-7,12,15-16H,1-2H3. The van der Waals surface area contributed by atoms with Gasteiger partial charge in [-0.15, -0.1) is 0 Å². The molecule has 4 heteroatoms. The Bertz CT molecular complexity index is 519. The lowest BCUT2D eigenvalue weighted by Crippen LogP contribution is -2.15. The quantitative estimate of drug-likeness (QED) is 0.814. The van der Waals surface area contributed by atoms with Gasteiger partial charge in [-0.05, 0) is 25.1 Å². The van der Waals surface area contributed by atoms with E-state index < -0.39 is 18.0 Å². The van der Waals surface area contributed by atoms with Crippen molar-refractivity contribution >= 4 is 10.9 Å². The van der Waals surface area contributed by atoms with Gasteiger partial charge in [0.1, 0.15) is 11.9 Å². The average molecular weight is 223 g/mol. The highest BCUT2D eigenvalue weighted by Crippen LogP contribution is 2.29. The Morgan fingerprint density at radius 2 is 1.94 bits per heavy atom. The van der Waals surface area contributed by atoms with Crippen molar-refractivity contribution in [3.8, 4) is 0 Å². The molecule has 3 nitrogen and oxygen atoms in total. The van der Waals surface area contributed by atoms with Crippen molar-refractivity contribution in [2.75, 3.05) is 0 Å². The number of benzene rings is 1. The maximum Gasteiger partial charge on any atom is 0.129 e. The lowest BCUT2D eigenvalue weighted by atomic mass is 10.0. The monoisotopic (exact) mass is 223 g/mol. The number of aryl methyl sites for hydroxylation is 1. The zero-order valence-corrected chi connectivity index (χ0v) is 9.18. The summed E-state index contributed by atoms with van der Waals surface area (Å²) in [5.74, 6) is -0.493. The molecule has 0 amide bonds. The molecule has 2 atom stereocenters. The minimum atomic E-state index is -1.20. The molecule has 0 saturated carbocycles. The van der Waals surface area contributed by atoms with Gasteiger partial charge >= 0.3 is 0 Å². The van der Waals surface area contributed by atoms with Gasteiger partial charge in [-0.25, -0.2) is 4.39 Å². The van der Waals surface area contributed by atoms with Crippen LogP contribution in [0.4, 0.5) is 4.39 Å². The third-order valence-electron chi connectivity index (χ3n) is 2.81. The number of fused-ring (bicyclic) bond motifs is 1. The molecule has 0 fully saturated rings. The largest absolute Gasteiger partial charge is 0.390 e. The summed E-state index contributed by atoms with van der Waals surface area (Å²) in [5.41, 5.74) is 0.990. The molecule has 0 aliphatic heterocycles. The van der Waals surface area contributed by atoms with E-state index in [9.17, 15) is 14.6 Å². The molecule has 0 saturated heterocycles. The Morgan fingerprint density at radius 3 is 2.56 bits per heavy atom. The number of rotatable bonds is 2. The average Bonchev–Trinajstić information content (AvgIpc) is 2.59. The second-order valence-electron chi connectivity index (χ2n) is 4.01. The van der Waals surface area contributed by atoms with Crippen LogP contribution in [0.5, 0.6) is 0 Å². The van der Waals surface area contributed by atoms with Crippen LogP contribution in [0.1, 0.15) is 18.6 Å². The lowest BCUT2D eigenvalue weighted by Gasteiger charge is -2.16. The molecular formula is C12H14FNO2. The highest BCUT2D eigenvalue weighted by atomic mass is 19.1. The Hall–Kier alpha value is -1.39. The first-order valence-corrected chi connectivity index (χ1v) is 5.12. The summed E-state index contributed by atoms with van der Waals surface area (Å²) in [6.07, 6.45) is -0.408. The van der Waals surface area contributed by atoms with Gasteiger partial charge in [0.2, 0.25) is 0 Å². The van der Waals surface area contributed by atoms with Crippen LogP contribution >= 0.6 is 0 Å². The first-order valence-electron chi connectivity index (χ1n) is 5.12. The summed E-state index contributed by atoms with van der Waals surface area (Å²) >= 11 is 0. The third kappa shape index (κ3) is 1.60. The van der Waals surface area contributed by atoms with Gasteiger partial charge in [0.25, 0.3) is 0 Å². The van der Waals surface area contributed by atoms with Crippen molar-refractivity contribution in [2.45, 2.75) is 19.1 Å². The van der Waals surface area contributed by atoms with Crippen LogP contribution in [-0.4, -0.2) is 20.9 Å². The zero-order chi connectivity index (χ0) is 11.9. The molecule has 1 aromatic heterocycles. The van der Waals surface area contributed by atoms with Crippen molar-refractivity contribution in [3.63, 3.8) is 0 Å². The highest BCUT2D eigenvalue weighted by Gasteiger charge is 2.21. The van der Waals surface area contributed by atoms with Crippen LogP contribution in [0, 0.1) is 5.82 Å². The fourth-order valence-electron chi connectivity index (χ4n) is 1.89. The molecule has 0 aliphatic carbocycles. The predicted octanol–water partition coefficient (Wildman–Crippen LogP) is 1.73. The second-order valence-corrected chi connectivity index (χ2v) is 4.01. The topological polar surface area (TPSA) is 45.4 Å². The van der Waals surface area contributed by atoms with E-state index in [0.717, 1.165) is 5.52 Å². The molecule has 0 radical (unpaired) electrons. The zero-order valence-electron chi connectivity index (χ0n) is 9.18. The highest BCUT2D eigenvalue weighted by molar-refractivity contribution is 5.84. The second kappa shape index (κ2) is 3.88. The SMILES string of the molecule is CC(O)C(O)c1c(F)ccc2c1ccn2C. The van der Waals surface area contributed by atoms with Crippen LogP contribution in [0.25, 0.3) is 10.9 Å². The van der Waals surface area contributed by atoms with Crippen molar-refractivity contribution < 1.29 is 14.6 Å². The molecule has 1 heterocycles. The molecule has 0 aliphatic rings. The van der Waals surface area contributed by atoms with Gasteiger partial charge in [-0.1, -0.05) is 0 Å². The summed E-state index contributed by atoms with van der Waals surface area (Å²) in [6, 6.07) is 4.70. The van der Waals surface area contributed by atoms with Crippen molar-refractivity contribution in [1.29, 1.82) is 0 Å². The predicted molar refractivity (Wildman–Crippen MR) is 59.5 cm³/mol. The van der Waals surface area contributed by atoms with Crippen LogP contribution < -0.4 is 0 Å². The van der Waals surface area contributed by atoms with Crippen LogP contribution in [0.3, 0.4) is 0 Å². The van der Waals surface area contributed by atoms with E-state index in [1.165, 1.54) is 13.0 Å². The molecule has 16 heavy (non-hydrogen) atoms. The van der Waals surface area contributed by atoms with E-state index in [1.54, 1.807) is 18.3 Å². The minimum absolute atomic E-state index is 0.160. The molecule has 2 N–H and O–H groups in total. The van der Waals surface area contributed by atoms with E-state index in [1.807, 2.05) is 11.6 Å². The van der Waals surface area contributed by atoms with Crippen molar-refractivity contribution in [3.05, 3.63) is 35.8 Å². The summed E-state index contributed by atoms with van der Waals surface area (Å²) in [6.45, 7) is 1.44. The smallest absolute Gasteiger partial charge is 0.129 e. The van der Waals surface area contributed by atoms with E-state index in [0.29, 0.717) is 5.39 Å². The summed E-state index contributed by atoms with van der Waals surface area (Å²) in [7, 11) is 1.85. The Labute approximate surface area is 92.7 Å². The fourth-order valence-corrected chi connectivity index (χ4v) is 1.89. The number of hydrogen-bond acceptors (Lipinski definition) is 2. The van der Waals surface area contributed by atoms with Crippen molar-refractivity contribution in [2.24, 2.45) is 7.05 Å². The van der Waals surface area contributed by atoms with E-state index >= 15 is 0 Å². The van der Waals surface area contributed by atoms with Crippen LogP contribution in [0.15, 0.2) is 24.4 Å². The number of aliphatic hydroxyl groups excluding tert-OH is 2. The lowest BCUT2D eigenvalue weighted by molar-refractivity contribution is 0.0293. The summed E-state index contributed by atoms with van der Waals surface area (Å²) in [4.78, 5) is 0. The van der Waals surface area contributed by atoms with Crippen LogP contribution in [-0.2, 0) is 7.05 Å². The molecular weight excluding hydrogens is 209 g/mol. The Balaban J connectivity index is 2.70. The van der Waals surface area contributed by atoms with Gasteiger partial charge in [-0.3, -0.25) is 0 Å². The van der Waals surface area contributed by atoms with Gasteiger partial charge in [-0.2, -0.15) is 0 Å². The maximum absolute atomic E-state index is 13.7. The number of nitrogens with zero attached hydrogens (tertiary/aromatic N) is 1. The summed E-state index contributed by atoms with van der Waals surface area (Å²) < 4.78 is 15.5. The van der Waals surface area contributed by atoms with Gasteiger partial charge in [0.15, 0.2) is 0 Å².